The van der Waals surface area contributed by atoms with E-state index in [1.54, 1.807) is 17.0 Å². The third-order valence-electron chi connectivity index (χ3n) is 5.21. The predicted octanol–water partition coefficient (Wildman–Crippen LogP) is 1.62. The lowest BCUT2D eigenvalue weighted by Gasteiger charge is -2.33. The molecule has 2 atom stereocenters. The number of aromatic nitrogens is 3. The van der Waals surface area contributed by atoms with Crippen molar-refractivity contribution in [2.45, 2.75) is 50.5 Å². The fraction of sp³-hybridized carbons (Fsp3) is 0.526. The molecule has 170 valence electrons. The van der Waals surface area contributed by atoms with Crippen LogP contribution >= 0.6 is 11.8 Å². The minimum Gasteiger partial charge on any atom is -0.482 e. The Balaban J connectivity index is 1.62. The standard InChI is InChI=1S/C19H26FN5O4S2/c1-3-13(2)24(14-8-9-31(27,28)12-14)18(26)11-30-19-23-22-17(25(19)21)10-29-16-7-5-4-6-15(16)20/h4-7,13-14H,3,8-12,21H2,1-2H3/t13-,14+/m0/s1. The van der Waals surface area contributed by atoms with Gasteiger partial charge in [-0.2, -0.15) is 0 Å². The van der Waals surface area contributed by atoms with Crippen LogP contribution in [0.3, 0.4) is 0 Å². The zero-order valence-corrected chi connectivity index (χ0v) is 19.0. The molecule has 0 aliphatic carbocycles. The summed E-state index contributed by atoms with van der Waals surface area (Å²) in [6.07, 6.45) is 1.17. The van der Waals surface area contributed by atoms with Crippen molar-refractivity contribution in [3.05, 3.63) is 35.9 Å². The second-order valence-corrected chi connectivity index (χ2v) is 10.6. The van der Waals surface area contributed by atoms with Gasteiger partial charge < -0.3 is 15.5 Å². The van der Waals surface area contributed by atoms with Crippen LogP contribution in [0.2, 0.25) is 0 Å². The van der Waals surface area contributed by atoms with Crippen molar-refractivity contribution in [2.75, 3.05) is 23.1 Å². The Morgan fingerprint density at radius 2 is 2.16 bits per heavy atom. The first-order valence-electron chi connectivity index (χ1n) is 9.93. The van der Waals surface area contributed by atoms with Crippen LogP contribution < -0.4 is 10.6 Å². The average Bonchev–Trinajstić information content (AvgIpc) is 3.27. The quantitative estimate of drug-likeness (QED) is 0.433. The maximum Gasteiger partial charge on any atom is 0.233 e. The summed E-state index contributed by atoms with van der Waals surface area (Å²) in [5.41, 5.74) is 0. The van der Waals surface area contributed by atoms with Crippen LogP contribution in [0.1, 0.15) is 32.5 Å². The number of nitrogens with two attached hydrogens (primary N) is 1. The summed E-state index contributed by atoms with van der Waals surface area (Å²) >= 11 is 1.11. The SMILES string of the molecule is CC[C@H](C)N(C(=O)CSc1nnc(COc2ccccc2F)n1N)[C@@H]1CCS(=O)(=O)C1. The molecule has 9 nitrogen and oxygen atoms in total. The van der Waals surface area contributed by atoms with E-state index in [9.17, 15) is 17.6 Å². The summed E-state index contributed by atoms with van der Waals surface area (Å²) in [4.78, 5) is 14.6. The maximum atomic E-state index is 13.7. The summed E-state index contributed by atoms with van der Waals surface area (Å²) < 4.78 is 44.0. The van der Waals surface area contributed by atoms with Gasteiger partial charge in [-0.1, -0.05) is 30.8 Å². The average molecular weight is 472 g/mol. The highest BCUT2D eigenvalue weighted by Crippen LogP contribution is 2.24. The minimum atomic E-state index is -3.11. The molecule has 2 N–H and O–H groups in total. The third-order valence-corrected chi connectivity index (χ3v) is 7.89. The lowest BCUT2D eigenvalue weighted by molar-refractivity contribution is -0.132. The van der Waals surface area contributed by atoms with Crippen molar-refractivity contribution in [1.29, 1.82) is 0 Å². The van der Waals surface area contributed by atoms with E-state index >= 15 is 0 Å². The number of benzene rings is 1. The Hall–Kier alpha value is -2.34. The molecule has 1 fully saturated rings. The van der Waals surface area contributed by atoms with Crippen molar-refractivity contribution in [3.8, 4) is 5.75 Å². The van der Waals surface area contributed by atoms with Gasteiger partial charge in [0.15, 0.2) is 27.2 Å². The van der Waals surface area contributed by atoms with Gasteiger partial charge in [-0.15, -0.1) is 10.2 Å². The molecule has 0 saturated carbocycles. The number of carbonyl (C=O) groups is 1. The van der Waals surface area contributed by atoms with Crippen molar-refractivity contribution >= 4 is 27.5 Å². The smallest absolute Gasteiger partial charge is 0.233 e. The molecule has 31 heavy (non-hydrogen) atoms. The molecule has 1 amide bonds. The van der Waals surface area contributed by atoms with Crippen LogP contribution in [0, 0.1) is 5.82 Å². The van der Waals surface area contributed by atoms with Crippen molar-refractivity contribution in [1.82, 2.24) is 19.8 Å². The summed E-state index contributed by atoms with van der Waals surface area (Å²) in [6, 6.07) is 5.60. The predicted molar refractivity (Wildman–Crippen MR) is 115 cm³/mol. The maximum absolute atomic E-state index is 13.7. The van der Waals surface area contributed by atoms with Gasteiger partial charge in [-0.3, -0.25) is 4.79 Å². The van der Waals surface area contributed by atoms with E-state index in [1.165, 1.54) is 16.8 Å². The topological polar surface area (TPSA) is 120 Å². The van der Waals surface area contributed by atoms with Crippen molar-refractivity contribution < 1.29 is 22.3 Å². The van der Waals surface area contributed by atoms with Gasteiger partial charge in [-0.05, 0) is 31.9 Å². The minimum absolute atomic E-state index is 0.00164. The summed E-state index contributed by atoms with van der Waals surface area (Å²) in [5.74, 6) is 5.84. The van der Waals surface area contributed by atoms with E-state index in [4.69, 9.17) is 10.6 Å². The van der Waals surface area contributed by atoms with Gasteiger partial charge in [0.25, 0.3) is 0 Å². The number of para-hydroxylation sites is 1. The molecule has 0 spiro atoms. The largest absolute Gasteiger partial charge is 0.482 e. The molecule has 1 aromatic carbocycles. The Kier molecular flexibility index (Phi) is 7.42. The number of amides is 1. The Bertz CT molecular complexity index is 1030. The van der Waals surface area contributed by atoms with Crippen LogP contribution in [0.4, 0.5) is 4.39 Å². The zero-order chi connectivity index (χ0) is 22.6. The number of nitrogen functional groups attached to an aromatic ring is 1. The summed E-state index contributed by atoms with van der Waals surface area (Å²) in [6.45, 7) is 3.79. The van der Waals surface area contributed by atoms with Crippen molar-refractivity contribution in [2.24, 2.45) is 0 Å². The Labute approximate surface area is 185 Å². The number of thioether (sulfide) groups is 1. The van der Waals surface area contributed by atoms with Gasteiger partial charge in [0, 0.05) is 12.1 Å². The molecule has 0 bridgehead atoms. The molecule has 1 aliphatic rings. The number of sulfone groups is 1. The normalized spacial score (nSPS) is 18.6. The second kappa shape index (κ2) is 9.86. The van der Waals surface area contributed by atoms with Crippen molar-refractivity contribution in [3.63, 3.8) is 0 Å². The Morgan fingerprint density at radius 3 is 2.81 bits per heavy atom. The second-order valence-electron chi connectivity index (χ2n) is 7.39. The number of halogens is 1. The highest BCUT2D eigenvalue weighted by atomic mass is 32.2. The number of hydrogen-bond donors (Lipinski definition) is 1. The highest BCUT2D eigenvalue weighted by Gasteiger charge is 2.36. The number of rotatable bonds is 9. The highest BCUT2D eigenvalue weighted by molar-refractivity contribution is 7.99. The molecule has 2 heterocycles. The van der Waals surface area contributed by atoms with E-state index in [0.717, 1.165) is 18.2 Å². The van der Waals surface area contributed by atoms with Gasteiger partial charge in [0.05, 0.1) is 17.3 Å². The van der Waals surface area contributed by atoms with Crippen LogP contribution in [0.5, 0.6) is 5.75 Å². The first-order chi connectivity index (χ1) is 14.7. The lowest BCUT2D eigenvalue weighted by Crippen LogP contribution is -2.47. The molecule has 2 aromatic rings. The molecule has 3 rings (SSSR count). The number of ether oxygens (including phenoxy) is 1. The molecule has 0 radical (unpaired) electrons. The third kappa shape index (κ3) is 5.67. The molecule has 0 unspecified atom stereocenters. The van der Waals surface area contributed by atoms with Gasteiger partial charge in [-0.25, -0.2) is 17.5 Å². The molecule has 1 saturated heterocycles. The first-order valence-corrected chi connectivity index (χ1v) is 12.7. The molecule has 1 aliphatic heterocycles. The zero-order valence-electron chi connectivity index (χ0n) is 17.4. The van der Waals surface area contributed by atoms with E-state index in [-0.39, 0.29) is 53.4 Å². The van der Waals surface area contributed by atoms with Crippen LogP contribution in [0.25, 0.3) is 0 Å². The number of nitrogens with zero attached hydrogens (tertiary/aromatic N) is 4. The van der Waals surface area contributed by atoms with Gasteiger partial charge >= 0.3 is 0 Å². The monoisotopic (exact) mass is 471 g/mol. The van der Waals surface area contributed by atoms with Crippen LogP contribution in [-0.2, 0) is 21.2 Å². The number of hydrogen-bond acceptors (Lipinski definition) is 8. The Morgan fingerprint density at radius 1 is 1.42 bits per heavy atom. The molecular formula is C19H26FN5O4S2. The van der Waals surface area contributed by atoms with E-state index in [0.29, 0.717) is 11.6 Å². The van der Waals surface area contributed by atoms with E-state index in [1.807, 2.05) is 13.8 Å². The molecular weight excluding hydrogens is 445 g/mol. The fourth-order valence-corrected chi connectivity index (χ4v) is 5.87. The molecule has 12 heteroatoms. The lowest BCUT2D eigenvalue weighted by atomic mass is 10.1. The summed E-state index contributed by atoms with van der Waals surface area (Å²) in [7, 11) is -3.11. The first kappa shape index (κ1) is 23.3. The summed E-state index contributed by atoms with van der Waals surface area (Å²) in [5, 5.41) is 8.23. The van der Waals surface area contributed by atoms with E-state index in [2.05, 4.69) is 10.2 Å². The van der Waals surface area contributed by atoms with Crippen LogP contribution in [0.15, 0.2) is 29.4 Å². The van der Waals surface area contributed by atoms with Gasteiger partial charge in [0.2, 0.25) is 11.1 Å². The number of carbonyl (C=O) groups excluding carboxylic acids is 1. The van der Waals surface area contributed by atoms with E-state index < -0.39 is 15.7 Å². The fourth-order valence-electron chi connectivity index (χ4n) is 3.41. The van der Waals surface area contributed by atoms with Crippen LogP contribution in [-0.4, -0.2) is 63.4 Å². The van der Waals surface area contributed by atoms with Gasteiger partial charge in [0.1, 0.15) is 6.61 Å². The molecule has 1 aromatic heterocycles.